The molecule has 2 heterocycles. The van der Waals surface area contributed by atoms with Gasteiger partial charge in [-0.2, -0.15) is 0 Å². The highest BCUT2D eigenvalue weighted by atomic mass is 32.2. The molecule has 1 fully saturated rings. The normalized spacial score (nSPS) is 14.4. The van der Waals surface area contributed by atoms with Crippen molar-refractivity contribution in [3.8, 4) is 0 Å². The van der Waals surface area contributed by atoms with Crippen LogP contribution in [-0.4, -0.2) is 37.0 Å². The first-order valence-corrected chi connectivity index (χ1v) is 8.02. The van der Waals surface area contributed by atoms with Crippen LogP contribution in [-0.2, 0) is 25.3 Å². The summed E-state index contributed by atoms with van der Waals surface area (Å²) in [6, 6.07) is 4.50. The van der Waals surface area contributed by atoms with Crippen LogP contribution in [0.15, 0.2) is 23.5 Å². The zero-order chi connectivity index (χ0) is 14.8. The van der Waals surface area contributed by atoms with Gasteiger partial charge in [0.2, 0.25) is 5.91 Å². The average Bonchev–Trinajstić information content (AvgIpc) is 3.08. The Morgan fingerprint density at radius 1 is 1.43 bits per heavy atom. The third-order valence-electron chi connectivity index (χ3n) is 3.59. The average molecular weight is 305 g/mol. The number of carbonyl (C=O) groups is 1. The van der Waals surface area contributed by atoms with Gasteiger partial charge in [0.1, 0.15) is 5.82 Å². The van der Waals surface area contributed by atoms with Crippen molar-refractivity contribution in [2.45, 2.75) is 30.5 Å². The Morgan fingerprint density at radius 3 is 2.90 bits per heavy atom. The third kappa shape index (κ3) is 3.47. The van der Waals surface area contributed by atoms with Crippen molar-refractivity contribution < 1.29 is 4.79 Å². The van der Waals surface area contributed by atoms with E-state index >= 15 is 0 Å². The van der Waals surface area contributed by atoms with Gasteiger partial charge in [-0.25, -0.2) is 0 Å². The van der Waals surface area contributed by atoms with Gasteiger partial charge < -0.3 is 14.5 Å². The van der Waals surface area contributed by atoms with E-state index in [2.05, 4.69) is 26.1 Å². The lowest BCUT2D eigenvalue weighted by Gasteiger charge is -2.05. The Labute approximate surface area is 127 Å². The first-order valence-electron chi connectivity index (χ1n) is 7.04. The molecule has 0 spiro atoms. The van der Waals surface area contributed by atoms with Crippen molar-refractivity contribution in [3.05, 3.63) is 29.8 Å². The van der Waals surface area contributed by atoms with Crippen LogP contribution in [0.5, 0.6) is 0 Å². The molecule has 6 nitrogen and oxygen atoms in total. The largest absolute Gasteiger partial charge is 0.354 e. The van der Waals surface area contributed by atoms with Crippen molar-refractivity contribution in [1.29, 1.82) is 0 Å². The van der Waals surface area contributed by atoms with Crippen molar-refractivity contribution in [3.63, 3.8) is 0 Å². The molecular weight excluding hydrogens is 286 g/mol. The minimum absolute atomic E-state index is 0.0782. The number of hydrogen-bond donors (Lipinski definition) is 1. The van der Waals surface area contributed by atoms with E-state index in [1.807, 2.05) is 30.9 Å². The van der Waals surface area contributed by atoms with Crippen LogP contribution in [0.2, 0.25) is 0 Å². The molecule has 3 rings (SSSR count). The molecule has 2 aromatic heterocycles. The van der Waals surface area contributed by atoms with Crippen LogP contribution < -0.4 is 5.32 Å². The Hall–Kier alpha value is -1.76. The molecular formula is C14H19N5OS. The number of carbonyl (C=O) groups excluding carboxylic acids is 1. The number of amides is 1. The van der Waals surface area contributed by atoms with Gasteiger partial charge in [-0.15, -0.1) is 10.2 Å². The monoisotopic (exact) mass is 305 g/mol. The summed E-state index contributed by atoms with van der Waals surface area (Å²) in [5, 5.41) is 12.2. The van der Waals surface area contributed by atoms with E-state index in [0.29, 0.717) is 11.8 Å². The zero-order valence-electron chi connectivity index (χ0n) is 12.2. The van der Waals surface area contributed by atoms with Crippen LogP contribution in [0, 0.1) is 0 Å². The number of hydrogen-bond acceptors (Lipinski definition) is 4. The van der Waals surface area contributed by atoms with Crippen LogP contribution in [0.25, 0.3) is 0 Å². The summed E-state index contributed by atoms with van der Waals surface area (Å²) in [5.41, 5.74) is 1.19. The highest BCUT2D eigenvalue weighted by molar-refractivity contribution is 7.99. The predicted molar refractivity (Wildman–Crippen MR) is 81.1 cm³/mol. The van der Waals surface area contributed by atoms with Gasteiger partial charge in [-0.3, -0.25) is 4.79 Å². The molecule has 1 N–H and O–H groups in total. The molecule has 112 valence electrons. The van der Waals surface area contributed by atoms with Gasteiger partial charge in [-0.05, 0) is 25.0 Å². The van der Waals surface area contributed by atoms with Crippen LogP contribution in [0.4, 0.5) is 0 Å². The number of nitrogens with zero attached hydrogens (tertiary/aromatic N) is 4. The minimum Gasteiger partial charge on any atom is -0.354 e. The van der Waals surface area contributed by atoms with Crippen molar-refractivity contribution in [1.82, 2.24) is 24.6 Å². The van der Waals surface area contributed by atoms with E-state index in [1.54, 1.807) is 0 Å². The summed E-state index contributed by atoms with van der Waals surface area (Å²) in [5.74, 6) is 1.38. The zero-order valence-corrected chi connectivity index (χ0v) is 13.1. The molecule has 7 heteroatoms. The Kier molecular flexibility index (Phi) is 4.01. The summed E-state index contributed by atoms with van der Waals surface area (Å²) in [4.78, 5) is 11.7. The maximum absolute atomic E-state index is 11.7. The lowest BCUT2D eigenvalue weighted by Crippen LogP contribution is -2.27. The molecule has 0 bridgehead atoms. The predicted octanol–water partition coefficient (Wildman–Crippen LogP) is 1.12. The topological polar surface area (TPSA) is 64.7 Å². The molecule has 0 atom stereocenters. The second-order valence-electron chi connectivity index (χ2n) is 5.38. The minimum atomic E-state index is 0.0782. The van der Waals surface area contributed by atoms with Crippen molar-refractivity contribution >= 4 is 17.7 Å². The molecule has 1 amide bonds. The van der Waals surface area contributed by atoms with E-state index in [0.717, 1.165) is 30.2 Å². The summed E-state index contributed by atoms with van der Waals surface area (Å²) in [6.07, 6.45) is 4.98. The molecule has 2 aromatic rings. The maximum Gasteiger partial charge on any atom is 0.230 e. The maximum atomic E-state index is 11.7. The van der Waals surface area contributed by atoms with Crippen LogP contribution in [0.3, 0.4) is 0 Å². The van der Waals surface area contributed by atoms with Crippen molar-refractivity contribution in [2.75, 3.05) is 5.75 Å². The van der Waals surface area contributed by atoms with E-state index in [1.165, 1.54) is 17.5 Å². The van der Waals surface area contributed by atoms with E-state index < -0.39 is 0 Å². The molecule has 21 heavy (non-hydrogen) atoms. The lowest BCUT2D eigenvalue weighted by molar-refractivity contribution is -0.118. The number of aryl methyl sites for hydroxylation is 1. The summed E-state index contributed by atoms with van der Waals surface area (Å²) in [7, 11) is 3.96. The molecule has 0 radical (unpaired) electrons. The first-order chi connectivity index (χ1) is 10.1. The quantitative estimate of drug-likeness (QED) is 0.812. The highest BCUT2D eigenvalue weighted by Gasteiger charge is 2.23. The van der Waals surface area contributed by atoms with Gasteiger partial charge in [0, 0.05) is 38.4 Å². The highest BCUT2D eigenvalue weighted by Crippen LogP contribution is 2.20. The van der Waals surface area contributed by atoms with Gasteiger partial charge in [0.15, 0.2) is 5.16 Å². The fourth-order valence-corrected chi connectivity index (χ4v) is 2.84. The molecule has 0 aliphatic heterocycles. The molecule has 0 saturated heterocycles. The number of thioether (sulfide) groups is 1. The summed E-state index contributed by atoms with van der Waals surface area (Å²) < 4.78 is 4.03. The Morgan fingerprint density at radius 2 is 2.24 bits per heavy atom. The molecule has 0 aromatic carbocycles. The van der Waals surface area contributed by atoms with Gasteiger partial charge in [0.05, 0.1) is 5.75 Å². The number of aromatic nitrogens is 4. The lowest BCUT2D eigenvalue weighted by atomic mass is 10.3. The Bertz CT molecular complexity index is 644. The molecule has 0 unspecified atom stereocenters. The van der Waals surface area contributed by atoms with E-state index in [-0.39, 0.29) is 5.91 Å². The Balaban J connectivity index is 1.59. The van der Waals surface area contributed by atoms with Gasteiger partial charge in [0.25, 0.3) is 0 Å². The summed E-state index contributed by atoms with van der Waals surface area (Å²) >= 11 is 1.43. The van der Waals surface area contributed by atoms with Crippen LogP contribution >= 0.6 is 11.8 Å². The van der Waals surface area contributed by atoms with E-state index in [9.17, 15) is 4.79 Å². The molecule has 1 aliphatic rings. The third-order valence-corrected chi connectivity index (χ3v) is 4.61. The SMILES string of the molecule is Cn1cccc1Cc1nnc(SCC(=O)NC2CC2)n1C. The fraction of sp³-hybridized carbons (Fsp3) is 0.500. The first kappa shape index (κ1) is 14.2. The second-order valence-corrected chi connectivity index (χ2v) is 6.32. The van der Waals surface area contributed by atoms with Crippen molar-refractivity contribution in [2.24, 2.45) is 14.1 Å². The van der Waals surface area contributed by atoms with Crippen LogP contribution in [0.1, 0.15) is 24.4 Å². The number of nitrogens with one attached hydrogen (secondary N) is 1. The van der Waals surface area contributed by atoms with E-state index in [4.69, 9.17) is 0 Å². The number of rotatable bonds is 6. The smallest absolute Gasteiger partial charge is 0.230 e. The fourth-order valence-electron chi connectivity index (χ4n) is 2.09. The standard InChI is InChI=1S/C14H19N5OS/c1-18-7-3-4-11(18)8-12-16-17-14(19(12)2)21-9-13(20)15-10-5-6-10/h3-4,7,10H,5-6,8-9H2,1-2H3,(H,15,20). The summed E-state index contributed by atoms with van der Waals surface area (Å²) in [6.45, 7) is 0. The van der Waals surface area contributed by atoms with Gasteiger partial charge >= 0.3 is 0 Å². The second kappa shape index (κ2) is 5.93. The van der Waals surface area contributed by atoms with Gasteiger partial charge in [-0.1, -0.05) is 11.8 Å². The molecule has 1 saturated carbocycles. The molecule has 1 aliphatic carbocycles.